The number of carbonyl (C=O) groups is 2. The molecule has 0 radical (unpaired) electrons. The molecule has 1 saturated carbocycles. The van der Waals surface area contributed by atoms with Gasteiger partial charge in [-0.25, -0.2) is 0 Å². The minimum Gasteiger partial charge on any atom is -0.346 e. The number of nitrogens with one attached hydrogen (secondary N) is 1. The minimum atomic E-state index is -0.178. The highest BCUT2D eigenvalue weighted by Gasteiger charge is 2.30. The van der Waals surface area contributed by atoms with Crippen molar-refractivity contribution in [1.82, 2.24) is 29.6 Å². The Morgan fingerprint density at radius 2 is 2.15 bits per heavy atom. The van der Waals surface area contributed by atoms with Gasteiger partial charge in [-0.1, -0.05) is 10.9 Å². The number of carbonyl (C=O) groups excluding carboxylic acids is 2. The molecule has 0 bridgehead atoms. The van der Waals surface area contributed by atoms with Crippen LogP contribution in [0.2, 0.25) is 0 Å². The summed E-state index contributed by atoms with van der Waals surface area (Å²) in [6, 6.07) is 1.99. The van der Waals surface area contributed by atoms with Gasteiger partial charge >= 0.3 is 0 Å². The summed E-state index contributed by atoms with van der Waals surface area (Å²) in [5, 5.41) is 11.3. The van der Waals surface area contributed by atoms with Crippen molar-refractivity contribution in [3.8, 4) is 0 Å². The quantitative estimate of drug-likeness (QED) is 0.875. The van der Waals surface area contributed by atoms with Crippen LogP contribution >= 0.6 is 11.5 Å². The molecule has 8 nitrogen and oxygen atoms in total. The molecule has 3 heterocycles. The topological polar surface area (TPSA) is 93.0 Å². The molecule has 138 valence electrons. The van der Waals surface area contributed by atoms with Crippen LogP contribution in [-0.2, 0) is 24.4 Å². The minimum absolute atomic E-state index is 0.178. The molecule has 0 aromatic carbocycles. The fraction of sp³-hybridized carbons (Fsp3) is 0.588. The number of hydrogen-bond acceptors (Lipinski definition) is 6. The molecule has 9 heteroatoms. The van der Waals surface area contributed by atoms with Gasteiger partial charge in [-0.2, -0.15) is 5.10 Å². The van der Waals surface area contributed by atoms with Crippen molar-refractivity contribution < 1.29 is 9.59 Å². The summed E-state index contributed by atoms with van der Waals surface area (Å²) in [6.07, 6.45) is 4.13. The van der Waals surface area contributed by atoms with Gasteiger partial charge in [0.15, 0.2) is 0 Å². The normalized spacial score (nSPS) is 17.3. The van der Waals surface area contributed by atoms with Gasteiger partial charge in [-0.3, -0.25) is 14.3 Å². The summed E-state index contributed by atoms with van der Waals surface area (Å²) >= 11 is 1.09. The number of hydrogen-bond donors (Lipinski definition) is 1. The van der Waals surface area contributed by atoms with Gasteiger partial charge in [0.05, 0.1) is 30.2 Å². The maximum Gasteiger partial charge on any atom is 0.265 e. The van der Waals surface area contributed by atoms with E-state index in [4.69, 9.17) is 0 Å². The van der Waals surface area contributed by atoms with E-state index in [1.165, 1.54) is 6.42 Å². The molecule has 4 rings (SSSR count). The molecule has 0 unspecified atom stereocenters. The molecule has 1 aliphatic carbocycles. The Morgan fingerprint density at radius 1 is 1.31 bits per heavy atom. The standard InChI is InChI=1S/C17H22N6O2S/c1-11-15(26-21-19-11)16(24)18-9-13-8-14-10-22(6-3-7-23(14)20-13)17(25)12-4-2-5-12/h8,12H,2-7,9-10H2,1H3,(H,18,24). The molecule has 2 aromatic rings. The summed E-state index contributed by atoms with van der Waals surface area (Å²) in [6.45, 7) is 4.32. The van der Waals surface area contributed by atoms with Crippen molar-refractivity contribution in [3.63, 3.8) is 0 Å². The number of aryl methyl sites for hydroxylation is 2. The van der Waals surface area contributed by atoms with Crippen LogP contribution in [0.3, 0.4) is 0 Å². The van der Waals surface area contributed by atoms with Crippen LogP contribution in [0, 0.1) is 12.8 Å². The third-order valence-electron chi connectivity index (χ3n) is 5.12. The SMILES string of the molecule is Cc1nnsc1C(=O)NCc1cc2n(n1)CCCN(C(=O)C1CCC1)C2. The maximum atomic E-state index is 12.6. The molecule has 2 aliphatic rings. The number of rotatable bonds is 4. The Bertz CT molecular complexity index is 825. The Balaban J connectivity index is 1.40. The smallest absolute Gasteiger partial charge is 0.265 e. The van der Waals surface area contributed by atoms with Crippen molar-refractivity contribution in [1.29, 1.82) is 0 Å². The summed E-state index contributed by atoms with van der Waals surface area (Å²) in [7, 11) is 0. The van der Waals surface area contributed by atoms with Crippen molar-refractivity contribution in [3.05, 3.63) is 28.0 Å². The lowest BCUT2D eigenvalue weighted by molar-refractivity contribution is -0.138. The van der Waals surface area contributed by atoms with Crippen molar-refractivity contribution in [2.45, 2.75) is 52.2 Å². The molecule has 0 atom stereocenters. The van der Waals surface area contributed by atoms with E-state index in [2.05, 4.69) is 20.0 Å². The number of aromatic nitrogens is 4. The van der Waals surface area contributed by atoms with Gasteiger partial charge in [0.1, 0.15) is 4.88 Å². The lowest BCUT2D eigenvalue weighted by atomic mass is 9.84. The predicted octanol–water partition coefficient (Wildman–Crippen LogP) is 1.51. The summed E-state index contributed by atoms with van der Waals surface area (Å²) in [4.78, 5) is 27.2. The fourth-order valence-electron chi connectivity index (χ4n) is 3.40. The van der Waals surface area contributed by atoms with E-state index >= 15 is 0 Å². The lowest BCUT2D eigenvalue weighted by Gasteiger charge is -2.30. The second kappa shape index (κ2) is 7.14. The molecule has 1 aliphatic heterocycles. The fourth-order valence-corrected chi connectivity index (χ4v) is 3.97. The van der Waals surface area contributed by atoms with E-state index in [-0.39, 0.29) is 17.7 Å². The molecule has 1 N–H and O–H groups in total. The zero-order chi connectivity index (χ0) is 18.1. The van der Waals surface area contributed by atoms with Crippen LogP contribution in [0.15, 0.2) is 6.07 Å². The molecule has 26 heavy (non-hydrogen) atoms. The van der Waals surface area contributed by atoms with Crippen molar-refractivity contribution in [2.75, 3.05) is 6.54 Å². The Kier molecular flexibility index (Phi) is 4.71. The first-order valence-electron chi connectivity index (χ1n) is 9.03. The van der Waals surface area contributed by atoms with E-state index in [1.54, 1.807) is 6.92 Å². The van der Waals surface area contributed by atoms with Crippen molar-refractivity contribution >= 4 is 23.3 Å². The van der Waals surface area contributed by atoms with Gasteiger partial charge in [-0.05, 0) is 43.8 Å². The van der Waals surface area contributed by atoms with Crippen LogP contribution in [-0.4, -0.2) is 42.6 Å². The summed E-state index contributed by atoms with van der Waals surface area (Å²) < 4.78 is 5.75. The number of fused-ring (bicyclic) bond motifs is 1. The van der Waals surface area contributed by atoms with Gasteiger partial charge in [-0.15, -0.1) is 5.10 Å². The first-order chi connectivity index (χ1) is 12.6. The Hall–Kier alpha value is -2.29. The lowest BCUT2D eigenvalue weighted by Crippen LogP contribution is -2.38. The third kappa shape index (κ3) is 3.35. The Morgan fingerprint density at radius 3 is 2.85 bits per heavy atom. The van der Waals surface area contributed by atoms with E-state index in [1.807, 2.05) is 15.6 Å². The monoisotopic (exact) mass is 374 g/mol. The number of nitrogens with zero attached hydrogens (tertiary/aromatic N) is 5. The molecule has 2 aromatic heterocycles. The van der Waals surface area contributed by atoms with Crippen LogP contribution in [0.1, 0.15) is 52.4 Å². The van der Waals surface area contributed by atoms with Gasteiger partial charge in [0.25, 0.3) is 5.91 Å². The van der Waals surface area contributed by atoms with Crippen LogP contribution in [0.25, 0.3) is 0 Å². The van der Waals surface area contributed by atoms with Crippen LogP contribution in [0.5, 0.6) is 0 Å². The molecule has 1 fully saturated rings. The number of amides is 2. The van der Waals surface area contributed by atoms with Crippen LogP contribution < -0.4 is 5.32 Å². The second-order valence-corrected chi connectivity index (χ2v) is 7.72. The molecule has 0 saturated heterocycles. The van der Waals surface area contributed by atoms with E-state index in [0.717, 1.165) is 55.3 Å². The van der Waals surface area contributed by atoms with Crippen molar-refractivity contribution in [2.24, 2.45) is 5.92 Å². The molecule has 0 spiro atoms. The largest absolute Gasteiger partial charge is 0.346 e. The zero-order valence-electron chi connectivity index (χ0n) is 14.8. The average Bonchev–Trinajstić information content (AvgIpc) is 3.11. The van der Waals surface area contributed by atoms with E-state index in [9.17, 15) is 9.59 Å². The summed E-state index contributed by atoms with van der Waals surface area (Å²) in [5.41, 5.74) is 2.48. The summed E-state index contributed by atoms with van der Waals surface area (Å²) in [5.74, 6) is 0.330. The van der Waals surface area contributed by atoms with Gasteiger partial charge in [0.2, 0.25) is 5.91 Å². The average molecular weight is 374 g/mol. The first kappa shape index (κ1) is 17.1. The Labute approximate surface area is 155 Å². The van der Waals surface area contributed by atoms with E-state index in [0.29, 0.717) is 23.7 Å². The maximum absolute atomic E-state index is 12.6. The van der Waals surface area contributed by atoms with Gasteiger partial charge in [0, 0.05) is 19.0 Å². The predicted molar refractivity (Wildman–Crippen MR) is 95.4 cm³/mol. The highest BCUT2D eigenvalue weighted by molar-refractivity contribution is 7.07. The molecular formula is C17H22N6O2S. The third-order valence-corrected chi connectivity index (χ3v) is 5.95. The highest BCUT2D eigenvalue weighted by atomic mass is 32.1. The van der Waals surface area contributed by atoms with Gasteiger partial charge < -0.3 is 10.2 Å². The second-order valence-electron chi connectivity index (χ2n) is 6.96. The zero-order valence-corrected chi connectivity index (χ0v) is 15.6. The van der Waals surface area contributed by atoms with Crippen LogP contribution in [0.4, 0.5) is 0 Å². The molecule has 2 amide bonds. The van der Waals surface area contributed by atoms with E-state index < -0.39 is 0 Å². The molecular weight excluding hydrogens is 352 g/mol. The first-order valence-corrected chi connectivity index (χ1v) is 9.80. The highest BCUT2D eigenvalue weighted by Crippen LogP contribution is 2.29.